The van der Waals surface area contributed by atoms with Crippen LogP contribution in [0.15, 0.2) is 24.3 Å². The van der Waals surface area contributed by atoms with Crippen LogP contribution in [0.4, 0.5) is 0 Å². The molecule has 2 N–H and O–H groups in total. The van der Waals surface area contributed by atoms with E-state index in [1.54, 1.807) is 13.0 Å². The molecule has 0 saturated carbocycles. The van der Waals surface area contributed by atoms with Crippen molar-refractivity contribution in [2.45, 2.75) is 6.92 Å². The van der Waals surface area contributed by atoms with Crippen molar-refractivity contribution in [2.24, 2.45) is 0 Å². The summed E-state index contributed by atoms with van der Waals surface area (Å²) in [7, 11) is 1.48. The van der Waals surface area contributed by atoms with E-state index in [0.29, 0.717) is 5.75 Å². The highest BCUT2D eigenvalue weighted by Gasteiger charge is 2.33. The summed E-state index contributed by atoms with van der Waals surface area (Å²) >= 11 is 0. The molecule has 0 atom stereocenters. The van der Waals surface area contributed by atoms with E-state index >= 15 is 0 Å². The number of rotatable bonds is 1. The summed E-state index contributed by atoms with van der Waals surface area (Å²) in [6.45, 7) is 1.77. The molecule has 0 aliphatic heterocycles. The fourth-order valence-corrected chi connectivity index (χ4v) is 2.59. The normalized spacial score (nSPS) is 12.9. The number of hydrogen-bond acceptors (Lipinski definition) is 5. The van der Waals surface area contributed by atoms with Crippen LogP contribution in [-0.4, -0.2) is 28.9 Å². The first-order chi connectivity index (χ1) is 9.93. The smallest absolute Gasteiger partial charge is 0.198 e. The number of aromatic hydroxyl groups is 2. The summed E-state index contributed by atoms with van der Waals surface area (Å²) < 4.78 is 5.17. The van der Waals surface area contributed by atoms with Gasteiger partial charge in [-0.15, -0.1) is 0 Å². The molecule has 0 spiro atoms. The molecule has 0 bridgehead atoms. The number of phenolic OH excluding ortho intramolecular Hbond substituents is 2. The second kappa shape index (κ2) is 4.34. The van der Waals surface area contributed by atoms with Gasteiger partial charge >= 0.3 is 0 Å². The fraction of sp³-hybridized carbons (Fsp3) is 0.125. The number of benzene rings is 2. The second-order valence-corrected chi connectivity index (χ2v) is 4.91. The number of hydrogen-bond donors (Lipinski definition) is 2. The van der Waals surface area contributed by atoms with Crippen LogP contribution >= 0.6 is 0 Å². The number of fused-ring (bicyclic) bond motifs is 2. The monoisotopic (exact) mass is 284 g/mol. The Balaban J connectivity index is 2.33. The van der Waals surface area contributed by atoms with Crippen molar-refractivity contribution in [3.05, 3.63) is 52.1 Å². The molecule has 0 aromatic heterocycles. The van der Waals surface area contributed by atoms with Crippen molar-refractivity contribution in [1.29, 1.82) is 0 Å². The van der Waals surface area contributed by atoms with E-state index in [0.717, 1.165) is 11.6 Å². The molecule has 0 saturated heterocycles. The Kier molecular flexibility index (Phi) is 2.73. The maximum absolute atomic E-state index is 12.5. The number of ether oxygens (including phenoxy) is 1. The van der Waals surface area contributed by atoms with Crippen LogP contribution < -0.4 is 4.74 Å². The molecule has 3 rings (SSSR count). The minimum atomic E-state index is -0.442. The Labute approximate surface area is 120 Å². The van der Waals surface area contributed by atoms with E-state index < -0.39 is 17.3 Å². The van der Waals surface area contributed by atoms with Gasteiger partial charge in [0.2, 0.25) is 0 Å². The zero-order valence-electron chi connectivity index (χ0n) is 11.4. The van der Waals surface area contributed by atoms with Gasteiger partial charge < -0.3 is 14.9 Å². The van der Waals surface area contributed by atoms with Crippen LogP contribution in [0.1, 0.15) is 37.4 Å². The molecule has 0 fully saturated rings. The highest BCUT2D eigenvalue weighted by Crippen LogP contribution is 2.37. The standard InChI is InChI=1S/C16H12O5/c1-7-3-9-10(6-13(7)21-2)15(19)11-4-8(17)5-12(18)14(11)16(9)20/h3-6,17-18H,1-2H3. The van der Waals surface area contributed by atoms with E-state index in [2.05, 4.69) is 0 Å². The Bertz CT molecular complexity index is 805. The van der Waals surface area contributed by atoms with Crippen molar-refractivity contribution in [3.63, 3.8) is 0 Å². The number of ketones is 2. The Morgan fingerprint density at radius 1 is 0.905 bits per heavy atom. The van der Waals surface area contributed by atoms with Crippen molar-refractivity contribution < 1.29 is 24.5 Å². The first kappa shape index (κ1) is 13.2. The molecule has 2 aromatic carbocycles. The summed E-state index contributed by atoms with van der Waals surface area (Å²) in [4.78, 5) is 25.0. The average Bonchev–Trinajstić information content (AvgIpc) is 2.43. The lowest BCUT2D eigenvalue weighted by atomic mass is 9.82. The van der Waals surface area contributed by atoms with E-state index in [4.69, 9.17) is 4.74 Å². The SMILES string of the molecule is COc1cc2c(cc1C)C(=O)c1c(O)cc(O)cc1C2=O. The van der Waals surface area contributed by atoms with Crippen LogP contribution in [0.3, 0.4) is 0 Å². The third kappa shape index (κ3) is 1.78. The Morgan fingerprint density at radius 3 is 2.24 bits per heavy atom. The third-order valence-corrected chi connectivity index (χ3v) is 3.60. The van der Waals surface area contributed by atoms with Gasteiger partial charge in [-0.1, -0.05) is 0 Å². The van der Waals surface area contributed by atoms with E-state index in [1.165, 1.54) is 19.2 Å². The first-order valence-electron chi connectivity index (χ1n) is 6.28. The van der Waals surface area contributed by atoms with Crippen molar-refractivity contribution in [2.75, 3.05) is 7.11 Å². The molecular weight excluding hydrogens is 272 g/mol. The van der Waals surface area contributed by atoms with Crippen LogP contribution in [0.25, 0.3) is 0 Å². The number of carbonyl (C=O) groups excluding carboxylic acids is 2. The topological polar surface area (TPSA) is 83.8 Å². The molecule has 0 heterocycles. The predicted octanol–water partition coefficient (Wildman–Crippen LogP) is 2.19. The zero-order chi connectivity index (χ0) is 15.3. The van der Waals surface area contributed by atoms with Gasteiger partial charge in [-0.3, -0.25) is 9.59 Å². The van der Waals surface area contributed by atoms with Crippen LogP contribution in [0.2, 0.25) is 0 Å². The summed E-state index contributed by atoms with van der Waals surface area (Å²) in [5.41, 5.74) is 1.08. The number of aryl methyl sites for hydroxylation is 1. The molecule has 2 aromatic rings. The average molecular weight is 284 g/mol. The fourth-order valence-electron chi connectivity index (χ4n) is 2.59. The Morgan fingerprint density at radius 2 is 1.57 bits per heavy atom. The molecule has 5 nitrogen and oxygen atoms in total. The lowest BCUT2D eigenvalue weighted by Crippen LogP contribution is -2.21. The maximum Gasteiger partial charge on any atom is 0.198 e. The van der Waals surface area contributed by atoms with Gasteiger partial charge in [-0.2, -0.15) is 0 Å². The summed E-state index contributed by atoms with van der Waals surface area (Å²) in [5, 5.41) is 19.4. The van der Waals surface area contributed by atoms with Crippen LogP contribution in [-0.2, 0) is 0 Å². The third-order valence-electron chi connectivity index (χ3n) is 3.60. The van der Waals surface area contributed by atoms with Gasteiger partial charge in [0.25, 0.3) is 0 Å². The number of carbonyl (C=O) groups is 2. The second-order valence-electron chi connectivity index (χ2n) is 4.91. The van der Waals surface area contributed by atoms with Crippen LogP contribution in [0, 0.1) is 6.92 Å². The molecule has 1 aliphatic rings. The lowest BCUT2D eigenvalue weighted by Gasteiger charge is -2.20. The van der Waals surface area contributed by atoms with Gasteiger partial charge in [0.05, 0.1) is 12.7 Å². The minimum absolute atomic E-state index is 0.00379. The van der Waals surface area contributed by atoms with Gasteiger partial charge in [0, 0.05) is 22.8 Å². The first-order valence-corrected chi connectivity index (χ1v) is 6.28. The molecule has 1 aliphatic carbocycles. The van der Waals surface area contributed by atoms with E-state index in [9.17, 15) is 19.8 Å². The molecule has 5 heteroatoms. The van der Waals surface area contributed by atoms with E-state index in [1.807, 2.05) is 0 Å². The highest BCUT2D eigenvalue weighted by atomic mass is 16.5. The van der Waals surface area contributed by atoms with Gasteiger partial charge in [-0.25, -0.2) is 0 Å². The summed E-state index contributed by atoms with van der Waals surface area (Å²) in [5.74, 6) is -1.04. The van der Waals surface area contributed by atoms with Crippen molar-refractivity contribution >= 4 is 11.6 Å². The molecular formula is C16H12O5. The number of methoxy groups -OCH3 is 1. The quantitative estimate of drug-likeness (QED) is 0.715. The van der Waals surface area contributed by atoms with Gasteiger partial charge in [-0.05, 0) is 30.7 Å². The van der Waals surface area contributed by atoms with E-state index in [-0.39, 0.29) is 28.0 Å². The maximum atomic E-state index is 12.5. The van der Waals surface area contributed by atoms with Gasteiger partial charge in [0.1, 0.15) is 17.2 Å². The van der Waals surface area contributed by atoms with Crippen molar-refractivity contribution in [1.82, 2.24) is 0 Å². The summed E-state index contributed by atoms with van der Waals surface area (Å²) in [6.07, 6.45) is 0. The molecule has 0 radical (unpaired) electrons. The predicted molar refractivity (Wildman–Crippen MR) is 74.4 cm³/mol. The zero-order valence-corrected chi connectivity index (χ0v) is 11.4. The largest absolute Gasteiger partial charge is 0.508 e. The van der Waals surface area contributed by atoms with Gasteiger partial charge in [0.15, 0.2) is 11.6 Å². The highest BCUT2D eigenvalue weighted by molar-refractivity contribution is 6.29. The molecule has 0 unspecified atom stereocenters. The van der Waals surface area contributed by atoms with Crippen LogP contribution in [0.5, 0.6) is 17.2 Å². The minimum Gasteiger partial charge on any atom is -0.508 e. The lowest BCUT2D eigenvalue weighted by molar-refractivity contribution is 0.0976. The molecule has 106 valence electrons. The number of phenols is 2. The molecule has 21 heavy (non-hydrogen) atoms. The Hall–Kier alpha value is -2.82. The molecule has 0 amide bonds. The van der Waals surface area contributed by atoms with Crippen molar-refractivity contribution in [3.8, 4) is 17.2 Å². The summed E-state index contributed by atoms with van der Waals surface area (Å²) in [6, 6.07) is 5.31.